The van der Waals surface area contributed by atoms with Crippen LogP contribution in [0.4, 0.5) is 4.39 Å². The van der Waals surface area contributed by atoms with Crippen molar-refractivity contribution in [2.75, 3.05) is 0 Å². The summed E-state index contributed by atoms with van der Waals surface area (Å²) in [6, 6.07) is 32.9. The molecule has 6 rings (SSSR count). The lowest BCUT2D eigenvalue weighted by Crippen LogP contribution is -2.04. The minimum absolute atomic E-state index is 0.232. The van der Waals surface area contributed by atoms with E-state index in [1.165, 1.54) is 6.07 Å². The van der Waals surface area contributed by atoms with Crippen LogP contribution in [-0.4, -0.2) is 19.3 Å². The Hall–Kier alpha value is -4.03. The van der Waals surface area contributed by atoms with Gasteiger partial charge in [-0.25, -0.2) is 14.1 Å². The summed E-state index contributed by atoms with van der Waals surface area (Å²) < 4.78 is 19.6. The van der Waals surface area contributed by atoms with E-state index < -0.39 is 0 Å². The Morgan fingerprint density at radius 1 is 0.771 bits per heavy atom. The molecule has 0 amide bonds. The first-order valence-corrected chi connectivity index (χ1v) is 12.1. The van der Waals surface area contributed by atoms with Gasteiger partial charge in [0, 0.05) is 21.8 Å². The molecular weight excluding hydrogens is 503 g/mol. The molecule has 0 spiro atoms. The lowest BCUT2D eigenvalue weighted by Gasteiger charge is -2.10. The van der Waals surface area contributed by atoms with Gasteiger partial charge in [-0.3, -0.25) is 0 Å². The van der Waals surface area contributed by atoms with Crippen molar-refractivity contribution in [1.82, 2.24) is 19.3 Å². The fourth-order valence-electron chi connectivity index (χ4n) is 4.31. The van der Waals surface area contributed by atoms with Crippen molar-refractivity contribution >= 4 is 27.0 Å². The highest BCUT2D eigenvalue weighted by Gasteiger charge is 2.21. The predicted octanol–water partition coefficient (Wildman–Crippen LogP) is 7.51. The second-order valence-corrected chi connectivity index (χ2v) is 9.20. The molecule has 35 heavy (non-hydrogen) atoms. The Bertz CT molecular complexity index is 1640. The lowest BCUT2D eigenvalue weighted by molar-refractivity contribution is 0.602. The maximum Gasteiger partial charge on any atom is 0.145 e. The summed E-state index contributed by atoms with van der Waals surface area (Å²) in [5.41, 5.74) is 6.02. The average Bonchev–Trinajstić information content (AvgIpc) is 3.49. The summed E-state index contributed by atoms with van der Waals surface area (Å²) in [7, 11) is 0. The van der Waals surface area contributed by atoms with Crippen LogP contribution in [0.3, 0.4) is 0 Å². The molecule has 2 heterocycles. The number of aromatic nitrogens is 4. The number of hydrogen-bond acceptors (Lipinski definition) is 2. The fourth-order valence-corrected chi connectivity index (χ4v) is 4.57. The van der Waals surface area contributed by atoms with Crippen molar-refractivity contribution in [2.24, 2.45) is 0 Å². The van der Waals surface area contributed by atoms with Gasteiger partial charge in [-0.2, -0.15) is 5.10 Å². The Balaban J connectivity index is 1.60. The van der Waals surface area contributed by atoms with Gasteiger partial charge in [0.15, 0.2) is 0 Å². The standard InChI is InChI=1S/C29H20BrFN4/c30-22-16-14-20(15-17-22)28-24(19-35(33-28)23-9-2-1-3-10-23)29-32-26-12-6-7-13-27(26)34(29)18-21-8-4-5-11-25(21)31/h1-17,19H,18H2. The molecule has 0 fully saturated rings. The summed E-state index contributed by atoms with van der Waals surface area (Å²) in [4.78, 5) is 5.00. The summed E-state index contributed by atoms with van der Waals surface area (Å²) in [6.45, 7) is 0.360. The number of hydrogen-bond donors (Lipinski definition) is 0. The molecule has 0 aliphatic heterocycles. The summed E-state index contributed by atoms with van der Waals surface area (Å²) >= 11 is 3.52. The minimum atomic E-state index is -0.232. The summed E-state index contributed by atoms with van der Waals surface area (Å²) in [6.07, 6.45) is 2.01. The number of halogens is 2. The SMILES string of the molecule is Fc1ccccc1Cn1c(-c2cn(-c3ccccc3)nc2-c2ccc(Br)cc2)nc2ccccc21. The van der Waals surface area contributed by atoms with E-state index >= 15 is 0 Å². The van der Waals surface area contributed by atoms with Crippen LogP contribution in [0.15, 0.2) is 114 Å². The molecule has 0 aliphatic rings. The van der Waals surface area contributed by atoms with Crippen LogP contribution >= 0.6 is 15.9 Å². The van der Waals surface area contributed by atoms with Gasteiger partial charge >= 0.3 is 0 Å². The maximum atomic E-state index is 14.7. The van der Waals surface area contributed by atoms with Crippen LogP contribution < -0.4 is 0 Å². The second kappa shape index (κ2) is 8.96. The first-order chi connectivity index (χ1) is 17.2. The normalized spacial score (nSPS) is 11.3. The van der Waals surface area contributed by atoms with Crippen LogP contribution in [0.25, 0.3) is 39.4 Å². The van der Waals surface area contributed by atoms with E-state index in [4.69, 9.17) is 10.1 Å². The molecule has 0 saturated carbocycles. The molecule has 0 radical (unpaired) electrons. The first kappa shape index (κ1) is 21.5. The van der Waals surface area contributed by atoms with Crippen LogP contribution in [0, 0.1) is 5.82 Å². The minimum Gasteiger partial charge on any atom is -0.319 e. The Kier molecular flexibility index (Phi) is 5.51. The van der Waals surface area contributed by atoms with Crippen LogP contribution in [0.5, 0.6) is 0 Å². The molecule has 0 bridgehead atoms. The van der Waals surface area contributed by atoms with E-state index in [2.05, 4.69) is 20.5 Å². The van der Waals surface area contributed by atoms with Crippen molar-refractivity contribution in [1.29, 1.82) is 0 Å². The van der Waals surface area contributed by atoms with E-state index in [9.17, 15) is 4.39 Å². The van der Waals surface area contributed by atoms with Gasteiger partial charge in [0.2, 0.25) is 0 Å². The summed E-state index contributed by atoms with van der Waals surface area (Å²) in [5, 5.41) is 4.97. The molecule has 170 valence electrons. The first-order valence-electron chi connectivity index (χ1n) is 11.3. The number of rotatable bonds is 5. The molecule has 0 atom stereocenters. The quantitative estimate of drug-likeness (QED) is 0.235. The molecule has 4 nitrogen and oxygen atoms in total. The average molecular weight is 523 g/mol. The van der Waals surface area contributed by atoms with E-state index in [1.54, 1.807) is 6.07 Å². The van der Waals surface area contributed by atoms with Gasteiger partial charge in [-0.15, -0.1) is 0 Å². The van der Waals surface area contributed by atoms with Crippen molar-refractivity contribution in [3.63, 3.8) is 0 Å². The van der Waals surface area contributed by atoms with Crippen molar-refractivity contribution in [3.05, 3.63) is 125 Å². The third-order valence-corrected chi connectivity index (χ3v) is 6.56. The third kappa shape index (κ3) is 4.06. The fraction of sp³-hybridized carbons (Fsp3) is 0.0345. The zero-order valence-corrected chi connectivity index (χ0v) is 20.2. The highest BCUT2D eigenvalue weighted by atomic mass is 79.9. The molecule has 0 unspecified atom stereocenters. The van der Waals surface area contributed by atoms with Crippen molar-refractivity contribution in [3.8, 4) is 28.3 Å². The molecule has 2 aromatic heterocycles. The Labute approximate surface area is 210 Å². The molecule has 6 aromatic rings. The number of benzene rings is 4. The second-order valence-electron chi connectivity index (χ2n) is 8.28. The van der Waals surface area contributed by atoms with E-state index in [0.29, 0.717) is 12.1 Å². The van der Waals surface area contributed by atoms with Gasteiger partial charge in [0.1, 0.15) is 17.3 Å². The largest absolute Gasteiger partial charge is 0.319 e. The zero-order valence-electron chi connectivity index (χ0n) is 18.6. The summed E-state index contributed by atoms with van der Waals surface area (Å²) in [5.74, 6) is 0.513. The van der Waals surface area contributed by atoms with Gasteiger partial charge in [-0.1, -0.05) is 76.6 Å². The Morgan fingerprint density at radius 3 is 2.29 bits per heavy atom. The van der Waals surface area contributed by atoms with Gasteiger partial charge in [0.05, 0.1) is 28.8 Å². The van der Waals surface area contributed by atoms with Crippen LogP contribution in [0.2, 0.25) is 0 Å². The highest BCUT2D eigenvalue weighted by Crippen LogP contribution is 2.35. The zero-order chi connectivity index (χ0) is 23.8. The van der Waals surface area contributed by atoms with Gasteiger partial charge < -0.3 is 4.57 Å². The maximum absolute atomic E-state index is 14.7. The lowest BCUT2D eigenvalue weighted by atomic mass is 10.1. The smallest absolute Gasteiger partial charge is 0.145 e. The van der Waals surface area contributed by atoms with Gasteiger partial charge in [0.25, 0.3) is 0 Å². The molecule has 4 aromatic carbocycles. The molecular formula is C29H20BrFN4. The molecule has 0 saturated heterocycles. The Morgan fingerprint density at radius 2 is 1.49 bits per heavy atom. The number of imidazole rings is 1. The van der Waals surface area contributed by atoms with Crippen molar-refractivity contribution < 1.29 is 4.39 Å². The number of para-hydroxylation sites is 3. The van der Waals surface area contributed by atoms with E-state index in [0.717, 1.165) is 43.8 Å². The van der Waals surface area contributed by atoms with Crippen LogP contribution in [-0.2, 0) is 6.54 Å². The number of fused-ring (bicyclic) bond motifs is 1. The molecule has 0 aliphatic carbocycles. The number of nitrogens with zero attached hydrogens (tertiary/aromatic N) is 4. The predicted molar refractivity (Wildman–Crippen MR) is 141 cm³/mol. The molecule has 0 N–H and O–H groups in total. The van der Waals surface area contributed by atoms with Crippen molar-refractivity contribution in [2.45, 2.75) is 6.54 Å². The molecule has 6 heteroatoms. The van der Waals surface area contributed by atoms with E-state index in [-0.39, 0.29) is 5.82 Å². The topological polar surface area (TPSA) is 35.6 Å². The van der Waals surface area contributed by atoms with Crippen LogP contribution in [0.1, 0.15) is 5.56 Å². The van der Waals surface area contributed by atoms with Gasteiger partial charge in [-0.05, 0) is 42.5 Å². The monoisotopic (exact) mass is 522 g/mol. The van der Waals surface area contributed by atoms with E-state index in [1.807, 2.05) is 102 Å². The highest BCUT2D eigenvalue weighted by molar-refractivity contribution is 9.10. The third-order valence-electron chi connectivity index (χ3n) is 6.03.